The Hall–Kier alpha value is -2.90. The molecule has 0 aliphatic carbocycles. The molecule has 24 heavy (non-hydrogen) atoms. The zero-order chi connectivity index (χ0) is 17.7. The maximum Gasteiger partial charge on any atom is 0.416 e. The van der Waals surface area contributed by atoms with Crippen LogP contribution in [0.4, 0.5) is 17.6 Å². The van der Waals surface area contributed by atoms with Gasteiger partial charge in [-0.05, 0) is 42.5 Å². The summed E-state index contributed by atoms with van der Waals surface area (Å²) in [6, 6.07) is 8.19. The van der Waals surface area contributed by atoms with Gasteiger partial charge in [-0.2, -0.15) is 18.3 Å². The third kappa shape index (κ3) is 4.31. The van der Waals surface area contributed by atoms with Gasteiger partial charge in [0.1, 0.15) is 11.6 Å². The SMILES string of the molecule is COc1ccc(C(=O)NN=Cc2ccc(C(F)(F)F)cc2F)cc1. The molecule has 0 aliphatic heterocycles. The Morgan fingerprint density at radius 3 is 2.38 bits per heavy atom. The van der Waals surface area contributed by atoms with Crippen LogP contribution in [0.3, 0.4) is 0 Å². The van der Waals surface area contributed by atoms with Crippen molar-refractivity contribution in [3.05, 3.63) is 65.0 Å². The van der Waals surface area contributed by atoms with Crippen LogP contribution in [0.2, 0.25) is 0 Å². The average Bonchev–Trinajstić information content (AvgIpc) is 2.55. The predicted molar refractivity (Wildman–Crippen MR) is 79.5 cm³/mol. The molecular formula is C16H12F4N2O2. The van der Waals surface area contributed by atoms with Crippen LogP contribution in [0, 0.1) is 5.82 Å². The number of hydrogen-bond donors (Lipinski definition) is 1. The van der Waals surface area contributed by atoms with E-state index < -0.39 is 23.5 Å². The van der Waals surface area contributed by atoms with E-state index in [1.54, 1.807) is 12.1 Å². The second-order valence-electron chi connectivity index (χ2n) is 4.66. The third-order valence-corrected chi connectivity index (χ3v) is 3.05. The van der Waals surface area contributed by atoms with Crippen LogP contribution in [0.15, 0.2) is 47.6 Å². The van der Waals surface area contributed by atoms with Crippen molar-refractivity contribution in [2.45, 2.75) is 6.18 Å². The fourth-order valence-corrected chi connectivity index (χ4v) is 1.78. The molecule has 2 aromatic carbocycles. The monoisotopic (exact) mass is 340 g/mol. The standard InChI is InChI=1S/C16H12F4N2O2/c1-24-13-6-3-10(4-7-13)15(23)22-21-9-11-2-5-12(8-14(11)17)16(18,19)20/h2-9H,1H3,(H,22,23). The topological polar surface area (TPSA) is 50.7 Å². The van der Waals surface area contributed by atoms with Gasteiger partial charge in [-0.25, -0.2) is 9.82 Å². The van der Waals surface area contributed by atoms with E-state index in [0.717, 1.165) is 18.3 Å². The van der Waals surface area contributed by atoms with Gasteiger partial charge in [0.15, 0.2) is 0 Å². The van der Waals surface area contributed by atoms with Gasteiger partial charge in [-0.1, -0.05) is 0 Å². The van der Waals surface area contributed by atoms with Gasteiger partial charge in [0.25, 0.3) is 5.91 Å². The largest absolute Gasteiger partial charge is 0.497 e. The minimum atomic E-state index is -4.63. The number of hydrazone groups is 1. The molecule has 4 nitrogen and oxygen atoms in total. The van der Waals surface area contributed by atoms with E-state index in [1.165, 1.54) is 19.2 Å². The number of methoxy groups -OCH3 is 1. The minimum Gasteiger partial charge on any atom is -0.497 e. The molecule has 0 aliphatic rings. The van der Waals surface area contributed by atoms with E-state index in [9.17, 15) is 22.4 Å². The summed E-state index contributed by atoms with van der Waals surface area (Å²) in [5, 5.41) is 3.54. The molecule has 0 radical (unpaired) electrons. The van der Waals surface area contributed by atoms with E-state index in [-0.39, 0.29) is 5.56 Å². The van der Waals surface area contributed by atoms with Crippen molar-refractivity contribution in [3.8, 4) is 5.75 Å². The summed E-state index contributed by atoms with van der Waals surface area (Å²) < 4.78 is 55.8. The number of nitrogens with zero attached hydrogens (tertiary/aromatic N) is 1. The number of nitrogens with one attached hydrogen (secondary N) is 1. The number of carbonyl (C=O) groups is 1. The number of carbonyl (C=O) groups excluding carboxylic acids is 1. The zero-order valence-corrected chi connectivity index (χ0v) is 12.4. The molecule has 0 atom stereocenters. The van der Waals surface area contributed by atoms with E-state index in [4.69, 9.17) is 4.74 Å². The Morgan fingerprint density at radius 1 is 1.17 bits per heavy atom. The molecule has 0 saturated heterocycles. The van der Waals surface area contributed by atoms with Crippen LogP contribution < -0.4 is 10.2 Å². The fraction of sp³-hybridized carbons (Fsp3) is 0.125. The van der Waals surface area contributed by atoms with Gasteiger partial charge in [0.05, 0.1) is 18.9 Å². The number of alkyl halides is 3. The number of halogens is 4. The Kier molecular flexibility index (Phi) is 5.18. The molecule has 126 valence electrons. The first kappa shape index (κ1) is 17.5. The molecule has 2 rings (SSSR count). The highest BCUT2D eigenvalue weighted by atomic mass is 19.4. The van der Waals surface area contributed by atoms with Crippen LogP contribution in [0.5, 0.6) is 5.75 Å². The van der Waals surface area contributed by atoms with Gasteiger partial charge in [-0.3, -0.25) is 4.79 Å². The maximum absolute atomic E-state index is 13.6. The zero-order valence-electron chi connectivity index (χ0n) is 12.4. The van der Waals surface area contributed by atoms with E-state index >= 15 is 0 Å². The van der Waals surface area contributed by atoms with E-state index in [1.807, 2.05) is 0 Å². The number of ether oxygens (including phenoxy) is 1. The molecule has 0 saturated carbocycles. The van der Waals surface area contributed by atoms with Crippen LogP contribution in [-0.2, 0) is 6.18 Å². The summed E-state index contributed by atoms with van der Waals surface area (Å²) in [5.41, 5.74) is 1.17. The van der Waals surface area contributed by atoms with E-state index in [0.29, 0.717) is 17.4 Å². The number of benzene rings is 2. The van der Waals surface area contributed by atoms with Crippen molar-refractivity contribution in [2.75, 3.05) is 7.11 Å². The lowest BCUT2D eigenvalue weighted by molar-refractivity contribution is -0.137. The summed E-state index contributed by atoms with van der Waals surface area (Å²) in [6.45, 7) is 0. The Balaban J connectivity index is 2.04. The van der Waals surface area contributed by atoms with Crippen molar-refractivity contribution in [2.24, 2.45) is 5.10 Å². The van der Waals surface area contributed by atoms with Gasteiger partial charge >= 0.3 is 6.18 Å². The van der Waals surface area contributed by atoms with Gasteiger partial charge in [0.2, 0.25) is 0 Å². The Bertz CT molecular complexity index is 756. The molecule has 0 heterocycles. The van der Waals surface area contributed by atoms with Crippen LogP contribution in [0.1, 0.15) is 21.5 Å². The lowest BCUT2D eigenvalue weighted by atomic mass is 10.1. The van der Waals surface area contributed by atoms with Crippen molar-refractivity contribution in [1.29, 1.82) is 0 Å². The minimum absolute atomic E-state index is 0.182. The van der Waals surface area contributed by atoms with E-state index in [2.05, 4.69) is 10.5 Å². The highest BCUT2D eigenvalue weighted by Gasteiger charge is 2.31. The Labute approximate surface area is 134 Å². The average molecular weight is 340 g/mol. The molecule has 0 fully saturated rings. The summed E-state index contributed by atoms with van der Waals surface area (Å²) in [5.74, 6) is -1.07. The van der Waals surface area contributed by atoms with Gasteiger partial charge < -0.3 is 4.74 Å². The molecule has 1 amide bonds. The van der Waals surface area contributed by atoms with Crippen molar-refractivity contribution in [3.63, 3.8) is 0 Å². The van der Waals surface area contributed by atoms with Crippen molar-refractivity contribution < 1.29 is 27.1 Å². The highest BCUT2D eigenvalue weighted by molar-refractivity contribution is 5.95. The van der Waals surface area contributed by atoms with Crippen molar-refractivity contribution >= 4 is 12.1 Å². The summed E-state index contributed by atoms with van der Waals surface area (Å²) in [4.78, 5) is 11.8. The number of amides is 1. The van der Waals surface area contributed by atoms with Crippen LogP contribution in [0.25, 0.3) is 0 Å². The fourth-order valence-electron chi connectivity index (χ4n) is 1.78. The lowest BCUT2D eigenvalue weighted by Crippen LogP contribution is -2.17. The van der Waals surface area contributed by atoms with Crippen LogP contribution >= 0.6 is 0 Å². The second kappa shape index (κ2) is 7.12. The molecule has 2 aromatic rings. The molecule has 8 heteroatoms. The molecular weight excluding hydrogens is 328 g/mol. The summed E-state index contributed by atoms with van der Waals surface area (Å²) >= 11 is 0. The summed E-state index contributed by atoms with van der Waals surface area (Å²) in [6.07, 6.45) is -3.70. The highest BCUT2D eigenvalue weighted by Crippen LogP contribution is 2.29. The third-order valence-electron chi connectivity index (χ3n) is 3.05. The predicted octanol–water partition coefficient (Wildman–Crippen LogP) is 3.62. The smallest absolute Gasteiger partial charge is 0.416 e. The summed E-state index contributed by atoms with van der Waals surface area (Å²) in [7, 11) is 1.48. The second-order valence-corrected chi connectivity index (χ2v) is 4.66. The first-order valence-corrected chi connectivity index (χ1v) is 6.65. The molecule has 0 spiro atoms. The first-order chi connectivity index (χ1) is 11.3. The van der Waals surface area contributed by atoms with Crippen LogP contribution in [-0.4, -0.2) is 19.2 Å². The van der Waals surface area contributed by atoms with Gasteiger partial charge in [0, 0.05) is 11.1 Å². The number of rotatable bonds is 4. The van der Waals surface area contributed by atoms with Gasteiger partial charge in [-0.15, -0.1) is 0 Å². The number of hydrogen-bond acceptors (Lipinski definition) is 3. The normalized spacial score (nSPS) is 11.5. The first-order valence-electron chi connectivity index (χ1n) is 6.65. The quantitative estimate of drug-likeness (QED) is 0.525. The molecule has 0 aromatic heterocycles. The molecule has 1 N–H and O–H groups in total. The maximum atomic E-state index is 13.6. The molecule has 0 bridgehead atoms. The Morgan fingerprint density at radius 2 is 1.83 bits per heavy atom. The lowest BCUT2D eigenvalue weighted by Gasteiger charge is -2.07. The molecule has 0 unspecified atom stereocenters. The van der Waals surface area contributed by atoms with Crippen molar-refractivity contribution in [1.82, 2.24) is 5.43 Å².